The van der Waals surface area contributed by atoms with Gasteiger partial charge in [0, 0.05) is 16.2 Å². The van der Waals surface area contributed by atoms with Crippen molar-refractivity contribution in [1.82, 2.24) is 9.97 Å². The Bertz CT molecular complexity index is 1420. The fourth-order valence-electron chi connectivity index (χ4n) is 3.72. The van der Waals surface area contributed by atoms with Crippen molar-refractivity contribution < 1.29 is 4.57 Å². The highest BCUT2D eigenvalue weighted by Gasteiger charge is 2.35. The number of hydrogen-bond donors (Lipinski definition) is 0. The van der Waals surface area contributed by atoms with Crippen LogP contribution >= 0.6 is 30.3 Å². The summed E-state index contributed by atoms with van der Waals surface area (Å²) in [6.45, 7) is 0. The van der Waals surface area contributed by atoms with Gasteiger partial charge in [-0.2, -0.15) is 0 Å². The van der Waals surface area contributed by atoms with E-state index in [2.05, 4.69) is 0 Å². The maximum atomic E-state index is 15.0. The van der Waals surface area contributed by atoms with E-state index in [1.54, 1.807) is 12.1 Å². The molecule has 156 valence electrons. The van der Waals surface area contributed by atoms with Crippen LogP contribution in [-0.2, 0) is 4.57 Å². The number of fused-ring (bicyclic) bond motifs is 1. The maximum absolute atomic E-state index is 15.0. The van der Waals surface area contributed by atoms with Gasteiger partial charge >= 0.3 is 0 Å². The molecule has 32 heavy (non-hydrogen) atoms. The monoisotopic (exact) mass is 474 g/mol. The van der Waals surface area contributed by atoms with Crippen LogP contribution in [0.5, 0.6) is 0 Å². The highest BCUT2D eigenvalue weighted by Crippen LogP contribution is 2.44. The second-order valence-electron chi connectivity index (χ2n) is 7.30. The first-order valence-corrected chi connectivity index (χ1v) is 12.5. The zero-order valence-electron chi connectivity index (χ0n) is 16.8. The van der Waals surface area contributed by atoms with Crippen LogP contribution in [0, 0.1) is 0 Å². The van der Waals surface area contributed by atoms with Crippen molar-refractivity contribution in [2.75, 3.05) is 0 Å². The van der Waals surface area contributed by atoms with E-state index in [4.69, 9.17) is 33.2 Å². The van der Waals surface area contributed by atoms with Gasteiger partial charge in [-0.05, 0) is 12.1 Å². The summed E-state index contributed by atoms with van der Waals surface area (Å²) in [5.74, 6) is 0. The summed E-state index contributed by atoms with van der Waals surface area (Å²) in [7, 11) is -3.36. The number of nitrogens with zero attached hydrogens (tertiary/aromatic N) is 2. The van der Waals surface area contributed by atoms with Gasteiger partial charge in [0.05, 0.1) is 21.1 Å². The largest absolute Gasteiger partial charge is 0.307 e. The summed E-state index contributed by atoms with van der Waals surface area (Å²) in [6.07, 6.45) is 0. The van der Waals surface area contributed by atoms with Crippen LogP contribution in [0.1, 0.15) is 0 Å². The molecule has 0 fully saturated rings. The topological polar surface area (TPSA) is 42.9 Å². The van der Waals surface area contributed by atoms with E-state index in [1.807, 2.05) is 91.0 Å². The van der Waals surface area contributed by atoms with Gasteiger partial charge in [0.2, 0.25) is 0 Å². The lowest BCUT2D eigenvalue weighted by Crippen LogP contribution is -2.29. The first-order valence-electron chi connectivity index (χ1n) is 10.0. The lowest BCUT2D eigenvalue weighted by molar-refractivity contribution is 0.592. The van der Waals surface area contributed by atoms with Gasteiger partial charge in [0.1, 0.15) is 11.1 Å². The van der Waals surface area contributed by atoms with Crippen LogP contribution in [0.3, 0.4) is 0 Å². The molecule has 0 spiro atoms. The Kier molecular flexibility index (Phi) is 5.57. The van der Waals surface area contributed by atoms with E-state index in [9.17, 15) is 0 Å². The van der Waals surface area contributed by atoms with Gasteiger partial charge in [0.25, 0.3) is 0 Å². The minimum atomic E-state index is -3.36. The molecule has 4 aromatic carbocycles. The molecule has 0 saturated heterocycles. The summed E-state index contributed by atoms with van der Waals surface area (Å²) < 4.78 is 15.0. The Hall–Kier alpha value is -2.97. The molecule has 0 unspecified atom stereocenters. The summed E-state index contributed by atoms with van der Waals surface area (Å²) in [4.78, 5) is 9.80. The number of hydrogen-bond acceptors (Lipinski definition) is 3. The van der Waals surface area contributed by atoms with Gasteiger partial charge in [-0.15, -0.1) is 0 Å². The Morgan fingerprint density at radius 2 is 1.03 bits per heavy atom. The standard InChI is InChI=1S/C26H17Cl2N2OP/c27-21-16-23-24(17-22(21)28)30-26(25(29-23)18-10-4-1-5-11-18)32(31,19-12-6-2-7-13-19)20-14-8-3-9-15-20/h1-17H. The molecule has 0 amide bonds. The molecule has 0 atom stereocenters. The second kappa shape index (κ2) is 8.52. The number of benzene rings is 4. The van der Waals surface area contributed by atoms with Crippen molar-refractivity contribution >= 4 is 57.4 Å². The van der Waals surface area contributed by atoms with E-state index in [1.165, 1.54) is 0 Å². The SMILES string of the molecule is O=P(c1ccccc1)(c1ccccc1)c1nc2cc(Cl)c(Cl)cc2nc1-c1ccccc1. The highest BCUT2D eigenvalue weighted by atomic mass is 35.5. The summed E-state index contributed by atoms with van der Waals surface area (Å²) in [6, 6.07) is 31.9. The average molecular weight is 475 g/mol. The Balaban J connectivity index is 1.92. The molecule has 5 aromatic rings. The molecular formula is C26H17Cl2N2OP. The highest BCUT2D eigenvalue weighted by molar-refractivity contribution is 7.85. The third kappa shape index (κ3) is 3.63. The quantitative estimate of drug-likeness (QED) is 0.289. The Morgan fingerprint density at radius 3 is 1.53 bits per heavy atom. The molecule has 0 aliphatic carbocycles. The molecule has 0 N–H and O–H groups in total. The normalized spacial score (nSPS) is 11.6. The summed E-state index contributed by atoms with van der Waals surface area (Å²) >= 11 is 12.5. The van der Waals surface area contributed by atoms with Gasteiger partial charge in [-0.3, -0.25) is 0 Å². The Morgan fingerprint density at radius 1 is 0.594 bits per heavy atom. The molecule has 1 aromatic heterocycles. The van der Waals surface area contributed by atoms with Gasteiger partial charge in [0.15, 0.2) is 7.14 Å². The van der Waals surface area contributed by atoms with Crippen molar-refractivity contribution in [2.45, 2.75) is 0 Å². The molecule has 5 rings (SSSR count). The van der Waals surface area contributed by atoms with Crippen molar-refractivity contribution in [2.24, 2.45) is 0 Å². The lowest BCUT2D eigenvalue weighted by atomic mass is 10.1. The molecule has 0 aliphatic rings. The molecule has 3 nitrogen and oxygen atoms in total. The second-order valence-corrected chi connectivity index (χ2v) is 10.8. The smallest absolute Gasteiger partial charge is 0.190 e. The molecule has 1 heterocycles. The molecule has 0 aliphatic heterocycles. The Labute approximate surface area is 196 Å². The summed E-state index contributed by atoms with van der Waals surface area (Å²) in [5.41, 5.74) is 2.95. The molecule has 0 bridgehead atoms. The maximum Gasteiger partial charge on any atom is 0.190 e. The first kappa shape index (κ1) is 20.9. The molecule has 0 radical (unpaired) electrons. The number of halogens is 2. The predicted octanol–water partition coefficient (Wildman–Crippen LogP) is 6.24. The third-order valence-corrected chi connectivity index (χ3v) is 8.95. The lowest BCUT2D eigenvalue weighted by Gasteiger charge is -2.22. The van der Waals surface area contributed by atoms with Crippen LogP contribution in [0.15, 0.2) is 103 Å². The van der Waals surface area contributed by atoms with Crippen molar-refractivity contribution in [3.05, 3.63) is 113 Å². The minimum Gasteiger partial charge on any atom is -0.307 e. The van der Waals surface area contributed by atoms with E-state index in [0.29, 0.717) is 42.8 Å². The zero-order chi connectivity index (χ0) is 22.1. The van der Waals surface area contributed by atoms with Crippen LogP contribution in [0.4, 0.5) is 0 Å². The van der Waals surface area contributed by atoms with Gasteiger partial charge < -0.3 is 4.57 Å². The van der Waals surface area contributed by atoms with Crippen LogP contribution in [0.2, 0.25) is 10.0 Å². The zero-order valence-corrected chi connectivity index (χ0v) is 19.2. The van der Waals surface area contributed by atoms with Crippen molar-refractivity contribution in [3.63, 3.8) is 0 Å². The van der Waals surface area contributed by atoms with Crippen LogP contribution in [0.25, 0.3) is 22.3 Å². The fraction of sp³-hybridized carbons (Fsp3) is 0. The van der Waals surface area contributed by atoms with Crippen molar-refractivity contribution in [1.29, 1.82) is 0 Å². The average Bonchev–Trinajstić information content (AvgIpc) is 2.85. The number of rotatable bonds is 4. The predicted molar refractivity (Wildman–Crippen MR) is 134 cm³/mol. The number of aromatic nitrogens is 2. The van der Waals surface area contributed by atoms with Crippen LogP contribution < -0.4 is 16.0 Å². The molecule has 0 saturated carbocycles. The van der Waals surface area contributed by atoms with E-state index in [0.717, 1.165) is 5.56 Å². The van der Waals surface area contributed by atoms with E-state index < -0.39 is 7.14 Å². The van der Waals surface area contributed by atoms with E-state index >= 15 is 4.57 Å². The van der Waals surface area contributed by atoms with Crippen LogP contribution in [-0.4, -0.2) is 9.97 Å². The van der Waals surface area contributed by atoms with Gasteiger partial charge in [-0.1, -0.05) is 114 Å². The van der Waals surface area contributed by atoms with Crippen molar-refractivity contribution in [3.8, 4) is 11.3 Å². The van der Waals surface area contributed by atoms with Gasteiger partial charge in [-0.25, -0.2) is 9.97 Å². The third-order valence-electron chi connectivity index (χ3n) is 5.27. The minimum absolute atomic E-state index is 0.376. The molecule has 6 heteroatoms. The summed E-state index contributed by atoms with van der Waals surface area (Å²) in [5, 5.41) is 2.16. The molecular weight excluding hydrogens is 458 g/mol. The van der Waals surface area contributed by atoms with E-state index in [-0.39, 0.29) is 0 Å². The fourth-order valence-corrected chi connectivity index (χ4v) is 6.73. The first-order chi connectivity index (χ1) is 15.6.